The van der Waals surface area contributed by atoms with Gasteiger partial charge in [0.25, 0.3) is 5.91 Å². The summed E-state index contributed by atoms with van der Waals surface area (Å²) >= 11 is 3.36. The van der Waals surface area contributed by atoms with E-state index in [2.05, 4.69) is 21.2 Å². The molecule has 0 saturated heterocycles. The monoisotopic (exact) mass is 333 g/mol. The van der Waals surface area contributed by atoms with Crippen LogP contribution in [-0.2, 0) is 0 Å². The number of ether oxygens (including phenoxy) is 1. The molecule has 2 aromatic rings. The van der Waals surface area contributed by atoms with Crippen LogP contribution in [0.25, 0.3) is 0 Å². The Hall–Kier alpha value is -1.81. The third kappa shape index (κ3) is 3.39. The largest absolute Gasteiger partial charge is 0.496 e. The van der Waals surface area contributed by atoms with E-state index in [-0.39, 0.29) is 11.9 Å². The Kier molecular flexibility index (Phi) is 4.79. The molecule has 104 valence electrons. The third-order valence-corrected chi connectivity index (χ3v) is 3.55. The van der Waals surface area contributed by atoms with Crippen molar-refractivity contribution >= 4 is 21.8 Å². The molecule has 0 aliphatic heterocycles. The molecule has 1 N–H and O–H groups in total. The average Bonchev–Trinajstić information content (AvgIpc) is 2.47. The predicted octanol–water partition coefficient (Wildman–Crippen LogP) is 3.95. The van der Waals surface area contributed by atoms with Crippen LogP contribution in [0.3, 0.4) is 0 Å². The van der Waals surface area contributed by atoms with Crippen molar-refractivity contribution in [2.45, 2.75) is 13.0 Å². The van der Waals surface area contributed by atoms with Gasteiger partial charge in [0.15, 0.2) is 0 Å². The molecular formula is C16H16BrNO2. The molecule has 0 fully saturated rings. The molecule has 2 aromatic carbocycles. The molecule has 0 spiro atoms. The molecule has 0 aliphatic carbocycles. The molecule has 20 heavy (non-hydrogen) atoms. The second-order valence-electron chi connectivity index (χ2n) is 4.45. The van der Waals surface area contributed by atoms with E-state index in [0.29, 0.717) is 11.3 Å². The Morgan fingerprint density at radius 2 is 1.90 bits per heavy atom. The smallest absolute Gasteiger partial charge is 0.255 e. The maximum absolute atomic E-state index is 12.3. The molecule has 0 bridgehead atoms. The van der Waals surface area contributed by atoms with Crippen LogP contribution in [0.4, 0.5) is 0 Å². The van der Waals surface area contributed by atoms with Crippen LogP contribution in [0, 0.1) is 0 Å². The fraction of sp³-hybridized carbons (Fsp3) is 0.188. The first-order valence-electron chi connectivity index (χ1n) is 6.31. The van der Waals surface area contributed by atoms with Crippen molar-refractivity contribution in [3.8, 4) is 5.75 Å². The summed E-state index contributed by atoms with van der Waals surface area (Å²) in [6.45, 7) is 1.96. The van der Waals surface area contributed by atoms with Gasteiger partial charge in [-0.1, -0.05) is 46.3 Å². The Morgan fingerprint density at radius 3 is 2.55 bits per heavy atom. The van der Waals surface area contributed by atoms with Crippen molar-refractivity contribution < 1.29 is 9.53 Å². The van der Waals surface area contributed by atoms with Crippen molar-refractivity contribution in [1.29, 1.82) is 0 Å². The highest BCUT2D eigenvalue weighted by Crippen LogP contribution is 2.24. The zero-order chi connectivity index (χ0) is 14.5. The number of nitrogens with one attached hydrogen (secondary N) is 1. The zero-order valence-electron chi connectivity index (χ0n) is 11.4. The van der Waals surface area contributed by atoms with E-state index < -0.39 is 0 Å². The Balaban J connectivity index is 2.16. The van der Waals surface area contributed by atoms with Crippen molar-refractivity contribution in [2.75, 3.05) is 7.11 Å². The normalized spacial score (nSPS) is 11.8. The second kappa shape index (κ2) is 6.57. The molecule has 3 nitrogen and oxygen atoms in total. The van der Waals surface area contributed by atoms with Gasteiger partial charge in [0, 0.05) is 4.47 Å². The molecule has 2 rings (SSSR count). The van der Waals surface area contributed by atoms with Gasteiger partial charge in [-0.05, 0) is 30.7 Å². The molecular weight excluding hydrogens is 318 g/mol. The van der Waals surface area contributed by atoms with Crippen LogP contribution in [0.15, 0.2) is 53.0 Å². The molecule has 4 heteroatoms. The summed E-state index contributed by atoms with van der Waals surface area (Å²) in [4.78, 5) is 12.3. The number of hydrogen-bond donors (Lipinski definition) is 1. The minimum absolute atomic E-state index is 0.0583. The van der Waals surface area contributed by atoms with E-state index >= 15 is 0 Å². The number of rotatable bonds is 4. The lowest BCUT2D eigenvalue weighted by Crippen LogP contribution is -2.27. The number of carbonyl (C=O) groups is 1. The van der Waals surface area contributed by atoms with Crippen LogP contribution in [0.1, 0.15) is 28.9 Å². The van der Waals surface area contributed by atoms with E-state index in [1.165, 1.54) is 0 Å². The minimum Gasteiger partial charge on any atom is -0.496 e. The van der Waals surface area contributed by atoms with Gasteiger partial charge in [0.1, 0.15) is 5.75 Å². The standard InChI is InChI=1S/C16H16BrNO2/c1-11(12-6-4-3-5-7-12)18-16(19)14-9-8-13(17)10-15(14)20-2/h3-11H,1-2H3,(H,18,19). The zero-order valence-corrected chi connectivity index (χ0v) is 13.0. The summed E-state index contributed by atoms with van der Waals surface area (Å²) in [6, 6.07) is 15.1. The van der Waals surface area contributed by atoms with Crippen LogP contribution in [-0.4, -0.2) is 13.0 Å². The van der Waals surface area contributed by atoms with E-state index in [1.807, 2.05) is 43.3 Å². The highest BCUT2D eigenvalue weighted by molar-refractivity contribution is 9.10. The highest BCUT2D eigenvalue weighted by atomic mass is 79.9. The molecule has 1 atom stereocenters. The number of halogens is 1. The lowest BCUT2D eigenvalue weighted by atomic mass is 10.1. The average molecular weight is 334 g/mol. The number of amides is 1. The predicted molar refractivity (Wildman–Crippen MR) is 83.0 cm³/mol. The van der Waals surface area contributed by atoms with Gasteiger partial charge < -0.3 is 10.1 Å². The van der Waals surface area contributed by atoms with Gasteiger partial charge in [-0.25, -0.2) is 0 Å². The van der Waals surface area contributed by atoms with Crippen molar-refractivity contribution in [3.05, 3.63) is 64.1 Å². The maximum atomic E-state index is 12.3. The number of carbonyl (C=O) groups excluding carboxylic acids is 1. The summed E-state index contributed by atoms with van der Waals surface area (Å²) in [5.41, 5.74) is 1.59. The molecule has 0 heterocycles. The van der Waals surface area contributed by atoms with E-state index in [9.17, 15) is 4.79 Å². The minimum atomic E-state index is -0.147. The second-order valence-corrected chi connectivity index (χ2v) is 5.37. The fourth-order valence-corrected chi connectivity index (χ4v) is 2.29. The SMILES string of the molecule is COc1cc(Br)ccc1C(=O)NC(C)c1ccccc1. The van der Waals surface area contributed by atoms with Crippen molar-refractivity contribution in [1.82, 2.24) is 5.32 Å². The van der Waals surface area contributed by atoms with E-state index in [4.69, 9.17) is 4.74 Å². The lowest BCUT2D eigenvalue weighted by molar-refractivity contribution is 0.0937. The molecule has 0 aliphatic rings. The molecule has 1 unspecified atom stereocenters. The fourth-order valence-electron chi connectivity index (χ4n) is 1.95. The Morgan fingerprint density at radius 1 is 1.20 bits per heavy atom. The molecule has 0 aromatic heterocycles. The molecule has 0 radical (unpaired) electrons. The van der Waals surface area contributed by atoms with Crippen LogP contribution in [0.5, 0.6) is 5.75 Å². The highest BCUT2D eigenvalue weighted by Gasteiger charge is 2.15. The summed E-state index contributed by atoms with van der Waals surface area (Å²) in [5, 5.41) is 2.97. The number of benzene rings is 2. The van der Waals surface area contributed by atoms with E-state index in [0.717, 1.165) is 10.0 Å². The summed E-state index contributed by atoms with van der Waals surface area (Å²) in [7, 11) is 1.55. The Labute approximate surface area is 127 Å². The van der Waals surface area contributed by atoms with Crippen molar-refractivity contribution in [2.24, 2.45) is 0 Å². The summed E-state index contributed by atoms with van der Waals surface area (Å²) in [5.74, 6) is 0.405. The van der Waals surface area contributed by atoms with Gasteiger partial charge in [-0.2, -0.15) is 0 Å². The Bertz CT molecular complexity index is 599. The quantitative estimate of drug-likeness (QED) is 0.919. The first-order chi connectivity index (χ1) is 9.61. The van der Waals surface area contributed by atoms with Crippen molar-refractivity contribution in [3.63, 3.8) is 0 Å². The number of hydrogen-bond acceptors (Lipinski definition) is 2. The first kappa shape index (κ1) is 14.6. The molecule has 0 saturated carbocycles. The summed E-state index contributed by atoms with van der Waals surface area (Å²) < 4.78 is 6.12. The maximum Gasteiger partial charge on any atom is 0.255 e. The van der Waals surface area contributed by atoms with Gasteiger partial charge >= 0.3 is 0 Å². The summed E-state index contributed by atoms with van der Waals surface area (Å²) in [6.07, 6.45) is 0. The van der Waals surface area contributed by atoms with Gasteiger partial charge in [0.2, 0.25) is 0 Å². The first-order valence-corrected chi connectivity index (χ1v) is 7.10. The van der Waals surface area contributed by atoms with Crippen LogP contribution >= 0.6 is 15.9 Å². The van der Waals surface area contributed by atoms with Gasteiger partial charge in [-0.15, -0.1) is 0 Å². The molecule has 1 amide bonds. The van der Waals surface area contributed by atoms with Crippen LogP contribution < -0.4 is 10.1 Å². The number of methoxy groups -OCH3 is 1. The van der Waals surface area contributed by atoms with Gasteiger partial charge in [0.05, 0.1) is 18.7 Å². The van der Waals surface area contributed by atoms with Crippen LogP contribution in [0.2, 0.25) is 0 Å². The van der Waals surface area contributed by atoms with Gasteiger partial charge in [-0.3, -0.25) is 4.79 Å². The topological polar surface area (TPSA) is 38.3 Å². The lowest BCUT2D eigenvalue weighted by Gasteiger charge is -2.15. The third-order valence-electron chi connectivity index (χ3n) is 3.06. The van der Waals surface area contributed by atoms with E-state index in [1.54, 1.807) is 19.2 Å².